The third-order valence-electron chi connectivity index (χ3n) is 5.26. The Morgan fingerprint density at radius 3 is 2.96 bits per heavy atom. The summed E-state index contributed by atoms with van der Waals surface area (Å²) in [6.45, 7) is 3.11. The van der Waals surface area contributed by atoms with Gasteiger partial charge in [0.15, 0.2) is 5.06 Å². The first-order chi connectivity index (χ1) is 12.6. The van der Waals surface area contributed by atoms with Crippen molar-refractivity contribution in [2.75, 3.05) is 6.54 Å². The monoisotopic (exact) mass is 373 g/mol. The lowest BCUT2D eigenvalue weighted by Gasteiger charge is -2.27. The molecule has 3 atom stereocenters. The largest absolute Gasteiger partial charge is 0.416 e. The normalized spacial score (nSPS) is 23.2. The molecule has 1 aromatic heterocycles. The van der Waals surface area contributed by atoms with Crippen LogP contribution in [-0.2, 0) is 22.6 Å². The van der Waals surface area contributed by atoms with Crippen molar-refractivity contribution in [3.05, 3.63) is 52.2 Å². The van der Waals surface area contributed by atoms with E-state index < -0.39 is 0 Å². The van der Waals surface area contributed by atoms with E-state index in [2.05, 4.69) is 4.90 Å². The number of carbonyl (C=O) groups excluding carboxylic acids is 2. The fourth-order valence-corrected chi connectivity index (χ4v) is 5.01. The van der Waals surface area contributed by atoms with Crippen LogP contribution in [0.3, 0.4) is 0 Å². The number of esters is 1. The number of ether oxygens (including phenoxy) is 1. The van der Waals surface area contributed by atoms with Gasteiger partial charge in [-0.1, -0.05) is 18.2 Å². The zero-order valence-corrected chi connectivity index (χ0v) is 15.3. The fraction of sp³-hybridized carbons (Fsp3) is 0.400. The smallest absolute Gasteiger partial charge is 0.308 e. The molecule has 2 aromatic rings. The molecule has 4 nitrogen and oxygen atoms in total. The summed E-state index contributed by atoms with van der Waals surface area (Å²) in [5.41, 5.74) is 1.69. The second-order valence-corrected chi connectivity index (χ2v) is 8.08. The van der Waals surface area contributed by atoms with Crippen molar-refractivity contribution >= 4 is 23.6 Å². The van der Waals surface area contributed by atoms with Gasteiger partial charge in [0.2, 0.25) is 0 Å². The molecule has 0 radical (unpaired) electrons. The molecule has 2 heterocycles. The molecular formula is C20H20FNO3S. The van der Waals surface area contributed by atoms with E-state index in [1.54, 1.807) is 18.2 Å². The summed E-state index contributed by atoms with van der Waals surface area (Å²) in [5, 5.41) is 0.647. The van der Waals surface area contributed by atoms with E-state index >= 15 is 0 Å². The molecule has 0 spiro atoms. The Kier molecular flexibility index (Phi) is 4.63. The molecule has 2 aliphatic rings. The fourth-order valence-electron chi connectivity index (χ4n) is 3.96. The SMILES string of the molecule is CC(=O)Oc1cc2c(s1)CCN(C1CC1C(C=O)c1ccccc1F)C2. The van der Waals surface area contributed by atoms with E-state index in [-0.39, 0.29) is 23.6 Å². The Morgan fingerprint density at radius 1 is 1.42 bits per heavy atom. The molecule has 1 aromatic carbocycles. The zero-order valence-electron chi connectivity index (χ0n) is 14.5. The predicted molar refractivity (Wildman–Crippen MR) is 96.8 cm³/mol. The highest BCUT2D eigenvalue weighted by Crippen LogP contribution is 2.47. The number of nitrogens with zero attached hydrogens (tertiary/aromatic N) is 1. The third kappa shape index (κ3) is 3.31. The molecule has 0 amide bonds. The third-order valence-corrected chi connectivity index (χ3v) is 6.38. The highest BCUT2D eigenvalue weighted by molar-refractivity contribution is 7.14. The molecule has 0 bridgehead atoms. The number of hydrogen-bond donors (Lipinski definition) is 0. The van der Waals surface area contributed by atoms with E-state index in [1.807, 2.05) is 6.07 Å². The van der Waals surface area contributed by atoms with Crippen LogP contribution in [0.5, 0.6) is 5.06 Å². The topological polar surface area (TPSA) is 46.6 Å². The molecule has 1 saturated carbocycles. The summed E-state index contributed by atoms with van der Waals surface area (Å²) in [4.78, 5) is 26.4. The van der Waals surface area contributed by atoms with Crippen LogP contribution in [-0.4, -0.2) is 29.7 Å². The lowest BCUT2D eigenvalue weighted by atomic mass is 9.94. The Labute approximate surface area is 155 Å². The summed E-state index contributed by atoms with van der Waals surface area (Å²) in [7, 11) is 0. The Hall–Kier alpha value is -2.05. The van der Waals surface area contributed by atoms with Crippen molar-refractivity contribution in [2.24, 2.45) is 5.92 Å². The summed E-state index contributed by atoms with van der Waals surface area (Å²) in [6, 6.07) is 8.80. The first-order valence-electron chi connectivity index (χ1n) is 8.80. The van der Waals surface area contributed by atoms with Gasteiger partial charge in [-0.2, -0.15) is 0 Å². The van der Waals surface area contributed by atoms with Gasteiger partial charge in [-0.15, -0.1) is 11.3 Å². The number of aldehydes is 1. The standard InChI is InChI=1S/C20H20FNO3S/c1-12(24)25-20-8-13-10-22(7-6-19(13)26-20)18-9-15(18)16(11-23)14-4-2-3-5-17(14)21/h2-5,8,11,15-16,18H,6-7,9-10H2,1H3. The molecule has 1 aliphatic carbocycles. The summed E-state index contributed by atoms with van der Waals surface area (Å²) < 4.78 is 19.3. The second kappa shape index (κ2) is 6.93. The molecule has 136 valence electrons. The minimum absolute atomic E-state index is 0.164. The lowest BCUT2D eigenvalue weighted by Crippen LogP contribution is -2.33. The van der Waals surface area contributed by atoms with Gasteiger partial charge in [-0.05, 0) is 42.0 Å². The number of thiophene rings is 1. The predicted octanol–water partition coefficient (Wildman–Crippen LogP) is 3.54. The highest BCUT2D eigenvalue weighted by atomic mass is 32.1. The van der Waals surface area contributed by atoms with Crippen LogP contribution in [0, 0.1) is 11.7 Å². The number of carbonyl (C=O) groups is 2. The van der Waals surface area contributed by atoms with Gasteiger partial charge in [-0.3, -0.25) is 9.69 Å². The Morgan fingerprint density at radius 2 is 2.23 bits per heavy atom. The number of rotatable bonds is 5. The molecule has 4 rings (SSSR count). The van der Waals surface area contributed by atoms with Gasteiger partial charge in [0, 0.05) is 36.9 Å². The van der Waals surface area contributed by atoms with Crippen LogP contribution in [0.1, 0.15) is 35.3 Å². The molecule has 1 aliphatic heterocycles. The minimum atomic E-state index is -0.387. The van der Waals surface area contributed by atoms with Crippen LogP contribution in [0.2, 0.25) is 0 Å². The molecule has 26 heavy (non-hydrogen) atoms. The van der Waals surface area contributed by atoms with Crippen molar-refractivity contribution in [1.82, 2.24) is 4.90 Å². The minimum Gasteiger partial charge on any atom is -0.416 e. The van der Waals surface area contributed by atoms with Crippen molar-refractivity contribution in [2.45, 2.75) is 38.3 Å². The van der Waals surface area contributed by atoms with Gasteiger partial charge >= 0.3 is 5.97 Å². The van der Waals surface area contributed by atoms with Crippen LogP contribution in [0.4, 0.5) is 4.39 Å². The average Bonchev–Trinajstić information content (AvgIpc) is 3.29. The molecule has 0 saturated heterocycles. The highest BCUT2D eigenvalue weighted by Gasteiger charge is 2.48. The maximum Gasteiger partial charge on any atom is 0.308 e. The van der Waals surface area contributed by atoms with Crippen molar-refractivity contribution in [1.29, 1.82) is 0 Å². The van der Waals surface area contributed by atoms with Gasteiger partial charge in [0.05, 0.1) is 0 Å². The molecule has 6 heteroatoms. The Bertz CT molecular complexity index is 849. The maximum atomic E-state index is 14.1. The zero-order chi connectivity index (χ0) is 18.3. The number of benzene rings is 1. The van der Waals surface area contributed by atoms with E-state index in [9.17, 15) is 14.0 Å². The quantitative estimate of drug-likeness (QED) is 0.594. The molecule has 1 fully saturated rings. The maximum absolute atomic E-state index is 14.1. The van der Waals surface area contributed by atoms with Gasteiger partial charge in [0.1, 0.15) is 12.1 Å². The van der Waals surface area contributed by atoms with Crippen molar-refractivity contribution < 1.29 is 18.7 Å². The van der Waals surface area contributed by atoms with Crippen LogP contribution < -0.4 is 4.74 Å². The first-order valence-corrected chi connectivity index (χ1v) is 9.62. The van der Waals surface area contributed by atoms with Gasteiger partial charge < -0.3 is 9.53 Å². The van der Waals surface area contributed by atoms with Crippen molar-refractivity contribution in [3.8, 4) is 5.06 Å². The van der Waals surface area contributed by atoms with Gasteiger partial charge in [-0.25, -0.2) is 4.39 Å². The summed E-state index contributed by atoms with van der Waals surface area (Å²) in [5.74, 6) is -0.833. The van der Waals surface area contributed by atoms with Crippen LogP contribution in [0.25, 0.3) is 0 Å². The summed E-state index contributed by atoms with van der Waals surface area (Å²) >= 11 is 1.53. The second-order valence-electron chi connectivity index (χ2n) is 6.98. The molecule has 0 N–H and O–H groups in total. The van der Waals surface area contributed by atoms with Crippen LogP contribution in [0.15, 0.2) is 30.3 Å². The number of hydrogen-bond acceptors (Lipinski definition) is 5. The average molecular weight is 373 g/mol. The molecular weight excluding hydrogens is 353 g/mol. The lowest BCUT2D eigenvalue weighted by molar-refractivity contribution is -0.131. The summed E-state index contributed by atoms with van der Waals surface area (Å²) in [6.07, 6.45) is 2.71. The van der Waals surface area contributed by atoms with E-state index in [4.69, 9.17) is 4.74 Å². The first kappa shape index (κ1) is 17.4. The number of fused-ring (bicyclic) bond motifs is 1. The van der Waals surface area contributed by atoms with E-state index in [0.717, 1.165) is 32.2 Å². The number of halogens is 1. The van der Waals surface area contributed by atoms with E-state index in [0.29, 0.717) is 16.7 Å². The van der Waals surface area contributed by atoms with E-state index in [1.165, 1.54) is 34.8 Å². The van der Waals surface area contributed by atoms with Crippen LogP contribution >= 0.6 is 11.3 Å². The Balaban J connectivity index is 1.45. The van der Waals surface area contributed by atoms with Gasteiger partial charge in [0.25, 0.3) is 0 Å². The van der Waals surface area contributed by atoms with Crippen molar-refractivity contribution in [3.63, 3.8) is 0 Å². The molecule has 3 unspecified atom stereocenters.